The summed E-state index contributed by atoms with van der Waals surface area (Å²) in [5.74, 6) is -3.27. The number of nitrogens with one attached hydrogen (secondary N) is 2. The number of fused-ring (bicyclic) bond motifs is 1. The van der Waals surface area contributed by atoms with Gasteiger partial charge in [0, 0.05) is 19.3 Å². The molecule has 5 aliphatic carbocycles. The molecule has 0 radical (unpaired) electrons. The Kier molecular flexibility index (Phi) is 5.95. The van der Waals surface area contributed by atoms with Crippen molar-refractivity contribution in [2.45, 2.75) is 94.8 Å². The van der Waals surface area contributed by atoms with Gasteiger partial charge in [-0.2, -0.15) is 5.10 Å². The summed E-state index contributed by atoms with van der Waals surface area (Å²) in [7, 11) is 0. The minimum absolute atomic E-state index is 0.0314. The summed E-state index contributed by atoms with van der Waals surface area (Å²) in [6.45, 7) is 1.60. The minimum Gasteiger partial charge on any atom is -0.349 e. The van der Waals surface area contributed by atoms with Gasteiger partial charge in [-0.3, -0.25) is 9.59 Å². The summed E-state index contributed by atoms with van der Waals surface area (Å²) in [4.78, 5) is 30.7. The van der Waals surface area contributed by atoms with Gasteiger partial charge in [-0.25, -0.2) is 27.3 Å². The summed E-state index contributed by atoms with van der Waals surface area (Å²) in [6.07, 6.45) is 7.09. The maximum Gasteiger partial charge on any atom is 0.276 e. The molecule has 0 aliphatic heterocycles. The average Bonchev–Trinajstić information content (AvgIpc) is 3.49. The molecule has 10 nitrogen and oxygen atoms in total. The van der Waals surface area contributed by atoms with E-state index in [0.717, 1.165) is 18.4 Å². The molecule has 5 saturated carbocycles. The number of halogens is 3. The van der Waals surface area contributed by atoms with Crippen LogP contribution in [-0.4, -0.2) is 48.3 Å². The first-order chi connectivity index (χ1) is 19.5. The molecule has 8 rings (SSSR count). The Bertz CT molecular complexity index is 1490. The van der Waals surface area contributed by atoms with Crippen LogP contribution in [0.5, 0.6) is 0 Å². The van der Waals surface area contributed by atoms with Gasteiger partial charge in [0.1, 0.15) is 11.4 Å². The minimum atomic E-state index is -2.72. The Morgan fingerprint density at radius 1 is 1.05 bits per heavy atom. The van der Waals surface area contributed by atoms with Gasteiger partial charge in [-0.15, -0.1) is 0 Å². The molecule has 0 saturated heterocycles. The van der Waals surface area contributed by atoms with Gasteiger partial charge in [0.25, 0.3) is 5.91 Å². The molecule has 41 heavy (non-hydrogen) atoms. The Labute approximate surface area is 233 Å². The van der Waals surface area contributed by atoms with Crippen molar-refractivity contribution in [2.24, 2.45) is 17.3 Å². The molecule has 2 bridgehead atoms. The summed E-state index contributed by atoms with van der Waals surface area (Å²) < 4.78 is 48.1. The molecule has 0 aromatic carbocycles. The largest absolute Gasteiger partial charge is 0.349 e. The van der Waals surface area contributed by atoms with Gasteiger partial charge in [-0.1, -0.05) is 5.16 Å². The zero-order valence-corrected chi connectivity index (χ0v) is 22.7. The van der Waals surface area contributed by atoms with Crippen LogP contribution >= 0.6 is 0 Å². The van der Waals surface area contributed by atoms with Gasteiger partial charge in [-0.05, 0) is 85.9 Å². The molecule has 0 spiro atoms. The van der Waals surface area contributed by atoms with E-state index in [1.807, 2.05) is 6.07 Å². The van der Waals surface area contributed by atoms with E-state index in [9.17, 15) is 22.8 Å². The Morgan fingerprint density at radius 2 is 1.76 bits per heavy atom. The molecule has 13 heteroatoms. The second-order valence-corrected chi connectivity index (χ2v) is 12.8. The number of alkyl halides is 3. The third-order valence-electron chi connectivity index (χ3n) is 9.45. The van der Waals surface area contributed by atoms with Crippen LogP contribution in [0.3, 0.4) is 0 Å². The third kappa shape index (κ3) is 4.97. The van der Waals surface area contributed by atoms with Crippen molar-refractivity contribution in [3.8, 4) is 0 Å². The summed E-state index contributed by atoms with van der Waals surface area (Å²) >= 11 is 0. The molecule has 218 valence electrons. The van der Waals surface area contributed by atoms with Crippen molar-refractivity contribution in [1.82, 2.24) is 35.5 Å². The fourth-order valence-corrected chi connectivity index (χ4v) is 7.22. The smallest absolute Gasteiger partial charge is 0.276 e. The van der Waals surface area contributed by atoms with E-state index < -0.39 is 23.5 Å². The van der Waals surface area contributed by atoms with Gasteiger partial charge < -0.3 is 10.6 Å². The quantitative estimate of drug-likeness (QED) is 0.385. The lowest BCUT2D eigenvalue weighted by atomic mass is 9.41. The third-order valence-corrected chi connectivity index (χ3v) is 9.45. The van der Waals surface area contributed by atoms with Crippen LogP contribution in [0.1, 0.15) is 104 Å². The molecule has 2 N–H and O–H groups in total. The standard InChI is InChI=1S/C28H32F3N7O3/c1-15-22(37-41-36-15)25(40)35-24(17-4-6-28(30,31)7-5-17)19-11-38-20(33-19)8-18(10-32-38)23(16-2-3-16)34-21(39)9-26-12-27(29,13-26)14-26/h8,10-11,16-17,23-24H,2-7,9,12-14H2,1H3,(H,34,39)(H,35,40)/t23-,24+,26-,27-/m1/s1. The number of imidazole rings is 1. The second kappa shape index (κ2) is 9.25. The van der Waals surface area contributed by atoms with E-state index >= 15 is 0 Å². The van der Waals surface area contributed by atoms with Crippen LogP contribution in [-0.2, 0) is 4.79 Å². The monoisotopic (exact) mass is 571 g/mol. The number of hydrogen-bond acceptors (Lipinski definition) is 7. The molecule has 2 atom stereocenters. The van der Waals surface area contributed by atoms with Crippen molar-refractivity contribution in [3.05, 3.63) is 41.1 Å². The van der Waals surface area contributed by atoms with E-state index in [-0.39, 0.29) is 54.7 Å². The van der Waals surface area contributed by atoms with Crippen LogP contribution in [0.4, 0.5) is 13.2 Å². The molecule has 2 amide bonds. The molecular weight excluding hydrogens is 539 g/mol. The van der Waals surface area contributed by atoms with Gasteiger partial charge in [0.05, 0.1) is 30.2 Å². The zero-order valence-electron chi connectivity index (χ0n) is 22.7. The van der Waals surface area contributed by atoms with Gasteiger partial charge in [0.2, 0.25) is 11.8 Å². The maximum atomic E-state index is 14.0. The SMILES string of the molecule is Cc1nonc1C(=O)N[C@H](c1cn2ncc([C@H](NC(=O)C[C@]34C[C@](F)(C3)C4)C3CC3)cc2n1)C1CCC(F)(F)CC1. The van der Waals surface area contributed by atoms with Crippen LogP contribution in [0.15, 0.2) is 23.1 Å². The maximum absolute atomic E-state index is 14.0. The molecule has 5 fully saturated rings. The van der Waals surface area contributed by atoms with Crippen molar-refractivity contribution in [2.75, 3.05) is 0 Å². The number of aryl methyl sites for hydroxylation is 1. The molecule has 3 aromatic heterocycles. The van der Waals surface area contributed by atoms with Crippen molar-refractivity contribution in [1.29, 1.82) is 0 Å². The molecular formula is C28H32F3N7O3. The van der Waals surface area contributed by atoms with Crippen LogP contribution in [0.25, 0.3) is 5.65 Å². The second-order valence-electron chi connectivity index (χ2n) is 12.8. The normalized spacial score (nSPS) is 28.4. The topological polar surface area (TPSA) is 127 Å². The highest BCUT2D eigenvalue weighted by Gasteiger charge is 2.69. The zero-order chi connectivity index (χ0) is 28.6. The van der Waals surface area contributed by atoms with E-state index in [2.05, 4.69) is 30.7 Å². The molecule has 5 aliphatic rings. The fraction of sp³-hybridized carbons (Fsp3) is 0.643. The number of carbonyl (C=O) groups excluding carboxylic acids is 2. The summed E-state index contributed by atoms with van der Waals surface area (Å²) in [5, 5.41) is 18.0. The number of nitrogens with zero attached hydrogens (tertiary/aromatic N) is 5. The van der Waals surface area contributed by atoms with Crippen LogP contribution in [0.2, 0.25) is 0 Å². The first-order valence-electron chi connectivity index (χ1n) is 14.3. The highest BCUT2D eigenvalue weighted by molar-refractivity contribution is 5.93. The molecule has 3 aromatic rings. The lowest BCUT2D eigenvalue weighted by Gasteiger charge is -2.65. The predicted molar refractivity (Wildman–Crippen MR) is 137 cm³/mol. The summed E-state index contributed by atoms with van der Waals surface area (Å²) in [6, 6.07) is 1.01. The molecule has 3 heterocycles. The van der Waals surface area contributed by atoms with Crippen LogP contribution in [0, 0.1) is 24.2 Å². The highest BCUT2D eigenvalue weighted by Crippen LogP contribution is 2.71. The Morgan fingerprint density at radius 3 is 2.39 bits per heavy atom. The van der Waals surface area contributed by atoms with Crippen molar-refractivity contribution in [3.63, 3.8) is 0 Å². The van der Waals surface area contributed by atoms with Crippen molar-refractivity contribution < 1.29 is 27.4 Å². The predicted octanol–water partition coefficient (Wildman–Crippen LogP) is 4.57. The average molecular weight is 572 g/mol. The fourth-order valence-electron chi connectivity index (χ4n) is 7.22. The van der Waals surface area contributed by atoms with E-state index in [1.165, 1.54) is 0 Å². The number of hydrogen-bond donors (Lipinski definition) is 2. The van der Waals surface area contributed by atoms with E-state index in [4.69, 9.17) is 4.98 Å². The number of amides is 2. The Hall–Kier alpha value is -3.51. The highest BCUT2D eigenvalue weighted by atomic mass is 19.3. The lowest BCUT2D eigenvalue weighted by Crippen LogP contribution is -2.65. The number of carbonyl (C=O) groups is 2. The first-order valence-corrected chi connectivity index (χ1v) is 14.3. The van der Waals surface area contributed by atoms with Crippen LogP contribution < -0.4 is 10.6 Å². The number of rotatable bonds is 9. The van der Waals surface area contributed by atoms with E-state index in [0.29, 0.717) is 48.6 Å². The lowest BCUT2D eigenvalue weighted by molar-refractivity contribution is -0.215. The van der Waals surface area contributed by atoms with Crippen molar-refractivity contribution >= 4 is 17.5 Å². The number of aromatic nitrogens is 5. The molecule has 0 unspecified atom stereocenters. The van der Waals surface area contributed by atoms with Gasteiger partial charge >= 0.3 is 0 Å². The summed E-state index contributed by atoms with van der Waals surface area (Å²) in [5.41, 5.74) is 1.000. The Balaban J connectivity index is 1.13. The first kappa shape index (κ1) is 26.4. The van der Waals surface area contributed by atoms with Gasteiger partial charge in [0.15, 0.2) is 11.3 Å². The van der Waals surface area contributed by atoms with E-state index in [1.54, 1.807) is 23.8 Å².